The first-order valence-corrected chi connectivity index (χ1v) is 6.29. The standard InChI is InChI=1S/C10H12F2N4O2S/c1-5-8(19-10(13)14-5)9-15-7(16-18-9)2-3-17-4-6(11)12/h6H,2-4H2,1H3,(H2,13,14). The van der Waals surface area contributed by atoms with Gasteiger partial charge in [-0.05, 0) is 6.92 Å². The van der Waals surface area contributed by atoms with Crippen molar-refractivity contribution in [1.82, 2.24) is 15.1 Å². The number of thiazole rings is 1. The van der Waals surface area contributed by atoms with Crippen molar-refractivity contribution >= 4 is 16.5 Å². The molecule has 2 aromatic heterocycles. The number of aryl methyl sites for hydroxylation is 1. The van der Waals surface area contributed by atoms with Gasteiger partial charge in [0.15, 0.2) is 11.0 Å². The predicted octanol–water partition coefficient (Wildman–Crippen LogP) is 1.91. The van der Waals surface area contributed by atoms with Crippen LogP contribution in [0.1, 0.15) is 11.5 Å². The third-order valence-electron chi connectivity index (χ3n) is 2.19. The highest BCUT2D eigenvalue weighted by molar-refractivity contribution is 7.18. The molecule has 0 aliphatic rings. The Bertz CT molecular complexity index is 543. The summed E-state index contributed by atoms with van der Waals surface area (Å²) < 4.78 is 33.5. The summed E-state index contributed by atoms with van der Waals surface area (Å²) in [7, 11) is 0. The summed E-state index contributed by atoms with van der Waals surface area (Å²) in [6.45, 7) is 1.32. The molecular weight excluding hydrogens is 278 g/mol. The van der Waals surface area contributed by atoms with Crippen molar-refractivity contribution < 1.29 is 18.0 Å². The molecule has 0 bridgehead atoms. The smallest absolute Gasteiger partial charge is 0.269 e. The molecule has 0 aliphatic heterocycles. The first-order valence-electron chi connectivity index (χ1n) is 5.48. The fourth-order valence-electron chi connectivity index (χ4n) is 1.40. The van der Waals surface area contributed by atoms with E-state index in [-0.39, 0.29) is 6.61 Å². The molecule has 0 aromatic carbocycles. The van der Waals surface area contributed by atoms with Crippen LogP contribution in [-0.4, -0.2) is 34.8 Å². The number of nitrogen functional groups attached to an aromatic ring is 1. The van der Waals surface area contributed by atoms with Crippen LogP contribution in [0.3, 0.4) is 0 Å². The van der Waals surface area contributed by atoms with Crippen molar-refractivity contribution in [3.05, 3.63) is 11.5 Å². The van der Waals surface area contributed by atoms with Crippen molar-refractivity contribution in [1.29, 1.82) is 0 Å². The van der Waals surface area contributed by atoms with E-state index in [0.29, 0.717) is 33.8 Å². The first kappa shape index (κ1) is 13.8. The molecule has 0 unspecified atom stereocenters. The van der Waals surface area contributed by atoms with Crippen molar-refractivity contribution in [2.24, 2.45) is 0 Å². The van der Waals surface area contributed by atoms with Crippen LogP contribution < -0.4 is 5.73 Å². The van der Waals surface area contributed by atoms with E-state index in [0.717, 1.165) is 0 Å². The quantitative estimate of drug-likeness (QED) is 0.818. The fourth-order valence-corrected chi connectivity index (χ4v) is 2.15. The minimum atomic E-state index is -2.47. The molecule has 2 heterocycles. The average Bonchev–Trinajstić information content (AvgIpc) is 2.91. The molecule has 0 fully saturated rings. The van der Waals surface area contributed by atoms with Crippen LogP contribution in [0.25, 0.3) is 10.8 Å². The summed E-state index contributed by atoms with van der Waals surface area (Å²) in [5, 5.41) is 4.17. The van der Waals surface area contributed by atoms with E-state index in [4.69, 9.17) is 15.0 Å². The van der Waals surface area contributed by atoms with Crippen LogP contribution in [0.15, 0.2) is 4.52 Å². The Balaban J connectivity index is 1.94. The second-order valence-corrected chi connectivity index (χ2v) is 4.73. The number of alkyl halides is 2. The Kier molecular flexibility index (Phi) is 4.38. The lowest BCUT2D eigenvalue weighted by molar-refractivity contribution is 0.0182. The molecule has 0 saturated heterocycles. The van der Waals surface area contributed by atoms with Gasteiger partial charge in [-0.3, -0.25) is 0 Å². The van der Waals surface area contributed by atoms with Gasteiger partial charge in [-0.15, -0.1) is 0 Å². The lowest BCUT2D eigenvalue weighted by Crippen LogP contribution is -2.07. The Morgan fingerprint density at radius 1 is 1.42 bits per heavy atom. The largest absolute Gasteiger partial charge is 0.375 e. The molecule has 0 saturated carbocycles. The van der Waals surface area contributed by atoms with Crippen molar-refractivity contribution in [2.75, 3.05) is 18.9 Å². The number of aromatic nitrogens is 3. The maximum atomic E-state index is 11.8. The van der Waals surface area contributed by atoms with E-state index in [1.807, 2.05) is 0 Å². The molecule has 0 radical (unpaired) electrons. The summed E-state index contributed by atoms with van der Waals surface area (Å²) in [5.41, 5.74) is 6.29. The van der Waals surface area contributed by atoms with Gasteiger partial charge in [-0.1, -0.05) is 16.5 Å². The lowest BCUT2D eigenvalue weighted by Gasteiger charge is -1.99. The van der Waals surface area contributed by atoms with Crippen LogP contribution >= 0.6 is 11.3 Å². The molecule has 0 spiro atoms. The summed E-state index contributed by atoms with van der Waals surface area (Å²) in [6.07, 6.45) is -2.16. The number of hydrogen-bond acceptors (Lipinski definition) is 7. The highest BCUT2D eigenvalue weighted by Gasteiger charge is 2.15. The summed E-state index contributed by atoms with van der Waals surface area (Å²) in [5.74, 6) is 0.728. The maximum Gasteiger partial charge on any atom is 0.269 e. The number of nitrogens with zero attached hydrogens (tertiary/aromatic N) is 3. The topological polar surface area (TPSA) is 87.1 Å². The SMILES string of the molecule is Cc1nc(N)sc1-c1nc(CCOCC(F)F)no1. The maximum absolute atomic E-state index is 11.8. The van der Waals surface area contributed by atoms with E-state index in [1.54, 1.807) is 6.92 Å². The van der Waals surface area contributed by atoms with Crippen LogP contribution in [0.2, 0.25) is 0 Å². The van der Waals surface area contributed by atoms with Crippen molar-refractivity contribution in [2.45, 2.75) is 19.8 Å². The molecular formula is C10H12F2N4O2S. The Hall–Kier alpha value is -1.61. The van der Waals surface area contributed by atoms with E-state index < -0.39 is 13.0 Å². The number of anilines is 1. The molecule has 0 amide bonds. The normalized spacial score (nSPS) is 11.4. The molecule has 0 aliphatic carbocycles. The highest BCUT2D eigenvalue weighted by atomic mass is 32.1. The van der Waals surface area contributed by atoms with Crippen LogP contribution in [0.5, 0.6) is 0 Å². The zero-order valence-electron chi connectivity index (χ0n) is 10.1. The highest BCUT2D eigenvalue weighted by Crippen LogP contribution is 2.29. The van der Waals surface area contributed by atoms with Crippen LogP contribution in [0.4, 0.5) is 13.9 Å². The van der Waals surface area contributed by atoms with Gasteiger partial charge in [-0.2, -0.15) is 4.98 Å². The van der Waals surface area contributed by atoms with Gasteiger partial charge in [0.2, 0.25) is 0 Å². The van der Waals surface area contributed by atoms with Gasteiger partial charge in [0.05, 0.1) is 12.3 Å². The molecule has 0 atom stereocenters. The summed E-state index contributed by atoms with van der Waals surface area (Å²) >= 11 is 1.25. The van der Waals surface area contributed by atoms with E-state index in [2.05, 4.69) is 15.1 Å². The van der Waals surface area contributed by atoms with Gasteiger partial charge in [0, 0.05) is 6.42 Å². The molecule has 6 nitrogen and oxygen atoms in total. The van der Waals surface area contributed by atoms with Gasteiger partial charge >= 0.3 is 0 Å². The lowest BCUT2D eigenvalue weighted by atomic mass is 10.4. The van der Waals surface area contributed by atoms with Crippen LogP contribution in [-0.2, 0) is 11.2 Å². The Labute approximate surface area is 111 Å². The minimum Gasteiger partial charge on any atom is -0.375 e. The Morgan fingerprint density at radius 2 is 2.21 bits per heavy atom. The van der Waals surface area contributed by atoms with E-state index in [9.17, 15) is 8.78 Å². The first-order chi connectivity index (χ1) is 9.06. The molecule has 2 rings (SSSR count). The second-order valence-electron chi connectivity index (χ2n) is 3.70. The molecule has 104 valence electrons. The average molecular weight is 290 g/mol. The summed E-state index contributed by atoms with van der Waals surface area (Å²) in [6, 6.07) is 0. The molecule has 19 heavy (non-hydrogen) atoms. The number of ether oxygens (including phenoxy) is 1. The zero-order chi connectivity index (χ0) is 13.8. The van der Waals surface area contributed by atoms with Gasteiger partial charge in [-0.25, -0.2) is 13.8 Å². The van der Waals surface area contributed by atoms with E-state index in [1.165, 1.54) is 11.3 Å². The fraction of sp³-hybridized carbons (Fsp3) is 0.500. The molecule has 9 heteroatoms. The monoisotopic (exact) mass is 290 g/mol. The Morgan fingerprint density at radius 3 is 2.84 bits per heavy atom. The van der Waals surface area contributed by atoms with Gasteiger partial charge in [0.25, 0.3) is 12.3 Å². The number of rotatable bonds is 6. The van der Waals surface area contributed by atoms with Crippen molar-refractivity contribution in [3.8, 4) is 10.8 Å². The number of hydrogen-bond donors (Lipinski definition) is 1. The van der Waals surface area contributed by atoms with Crippen molar-refractivity contribution in [3.63, 3.8) is 0 Å². The van der Waals surface area contributed by atoms with E-state index >= 15 is 0 Å². The minimum absolute atomic E-state index is 0.118. The van der Waals surface area contributed by atoms with Crippen LogP contribution in [0, 0.1) is 6.92 Å². The number of halogens is 2. The molecule has 2 N–H and O–H groups in total. The molecule has 2 aromatic rings. The summed E-state index contributed by atoms with van der Waals surface area (Å²) in [4.78, 5) is 8.91. The predicted molar refractivity (Wildman–Crippen MR) is 65.1 cm³/mol. The zero-order valence-corrected chi connectivity index (χ0v) is 10.9. The third-order valence-corrected chi connectivity index (χ3v) is 3.16. The second kappa shape index (κ2) is 6.02. The number of nitrogens with two attached hydrogens (primary N) is 1. The van der Waals surface area contributed by atoms with Gasteiger partial charge < -0.3 is 15.0 Å². The third kappa shape index (κ3) is 3.67. The van der Waals surface area contributed by atoms with Gasteiger partial charge in [0.1, 0.15) is 11.5 Å².